The minimum Gasteiger partial charge on any atom is -0.370 e. The van der Waals surface area contributed by atoms with E-state index in [1.165, 1.54) is 11.1 Å². The van der Waals surface area contributed by atoms with Crippen LogP contribution in [0.3, 0.4) is 0 Å². The van der Waals surface area contributed by atoms with Gasteiger partial charge in [-0.15, -0.1) is 0 Å². The number of aromatic nitrogens is 2. The molecule has 1 heterocycles. The smallest absolute Gasteiger partial charge is 0.229 e. The van der Waals surface area contributed by atoms with Gasteiger partial charge >= 0.3 is 0 Å². The van der Waals surface area contributed by atoms with Crippen molar-refractivity contribution >= 4 is 17.5 Å². The van der Waals surface area contributed by atoms with E-state index in [-0.39, 0.29) is 0 Å². The highest BCUT2D eigenvalue weighted by molar-refractivity contribution is 5.60. The molecule has 4 heteroatoms. The Morgan fingerprint density at radius 1 is 1.05 bits per heavy atom. The number of anilines is 3. The Hall–Kier alpha value is -2.10. The van der Waals surface area contributed by atoms with E-state index < -0.39 is 0 Å². The molecule has 4 nitrogen and oxygen atoms in total. The summed E-state index contributed by atoms with van der Waals surface area (Å²) in [5.41, 5.74) is 4.41. The van der Waals surface area contributed by atoms with E-state index in [9.17, 15) is 0 Å². The summed E-state index contributed by atoms with van der Waals surface area (Å²) in [6.45, 7) is 11.5. The Labute approximate surface area is 133 Å². The van der Waals surface area contributed by atoms with Gasteiger partial charge in [-0.3, -0.25) is 0 Å². The number of aryl methyl sites for hydroxylation is 3. The van der Waals surface area contributed by atoms with Crippen LogP contribution in [0.1, 0.15) is 37.1 Å². The summed E-state index contributed by atoms with van der Waals surface area (Å²) in [4.78, 5) is 9.04. The van der Waals surface area contributed by atoms with Gasteiger partial charge in [-0.2, -0.15) is 4.98 Å². The molecule has 0 unspecified atom stereocenters. The molecule has 2 aromatic rings. The van der Waals surface area contributed by atoms with Crippen LogP contribution >= 0.6 is 0 Å². The molecule has 2 rings (SSSR count). The molecular formula is C18H26N4. The molecule has 0 aliphatic heterocycles. The van der Waals surface area contributed by atoms with Crippen LogP contribution in [0.25, 0.3) is 0 Å². The lowest BCUT2D eigenvalue weighted by molar-refractivity contribution is 0.606. The second-order valence-electron chi connectivity index (χ2n) is 6.27. The molecular weight excluding hydrogens is 272 g/mol. The molecule has 2 N–H and O–H groups in total. The van der Waals surface area contributed by atoms with Crippen molar-refractivity contribution in [3.63, 3.8) is 0 Å². The van der Waals surface area contributed by atoms with Crippen LogP contribution in [0.2, 0.25) is 0 Å². The first kappa shape index (κ1) is 16.3. The van der Waals surface area contributed by atoms with Crippen molar-refractivity contribution in [1.82, 2.24) is 9.97 Å². The lowest BCUT2D eigenvalue weighted by Crippen LogP contribution is -2.08. The summed E-state index contributed by atoms with van der Waals surface area (Å²) in [6.07, 6.45) is 1.13. The largest absolute Gasteiger partial charge is 0.370 e. The van der Waals surface area contributed by atoms with Crippen molar-refractivity contribution in [1.29, 1.82) is 0 Å². The number of rotatable bonds is 6. The van der Waals surface area contributed by atoms with Crippen molar-refractivity contribution in [3.8, 4) is 0 Å². The minimum atomic E-state index is 0.640. The fourth-order valence-corrected chi connectivity index (χ4v) is 2.19. The maximum Gasteiger partial charge on any atom is 0.229 e. The molecule has 118 valence electrons. The van der Waals surface area contributed by atoms with Crippen LogP contribution in [0.5, 0.6) is 0 Å². The van der Waals surface area contributed by atoms with E-state index in [2.05, 4.69) is 66.5 Å². The zero-order valence-electron chi connectivity index (χ0n) is 14.2. The maximum absolute atomic E-state index is 4.56. The average molecular weight is 298 g/mol. The van der Waals surface area contributed by atoms with Crippen LogP contribution in [0, 0.1) is 26.7 Å². The Balaban J connectivity index is 2.13. The van der Waals surface area contributed by atoms with Crippen molar-refractivity contribution in [2.45, 2.75) is 41.0 Å². The normalized spacial score (nSPS) is 10.8. The van der Waals surface area contributed by atoms with Crippen molar-refractivity contribution in [2.75, 3.05) is 17.2 Å². The van der Waals surface area contributed by atoms with Gasteiger partial charge in [0.15, 0.2) is 0 Å². The third-order valence-corrected chi connectivity index (χ3v) is 3.52. The molecule has 0 fully saturated rings. The van der Waals surface area contributed by atoms with Gasteiger partial charge in [0.25, 0.3) is 0 Å². The first-order valence-corrected chi connectivity index (χ1v) is 7.88. The molecule has 0 saturated carbocycles. The van der Waals surface area contributed by atoms with Crippen LogP contribution in [-0.2, 0) is 0 Å². The molecule has 0 aliphatic carbocycles. The van der Waals surface area contributed by atoms with E-state index in [1.807, 2.05) is 13.0 Å². The van der Waals surface area contributed by atoms with Crippen molar-refractivity contribution in [3.05, 3.63) is 41.1 Å². The van der Waals surface area contributed by atoms with Gasteiger partial charge in [0.05, 0.1) is 0 Å². The Bertz CT molecular complexity index is 635. The zero-order chi connectivity index (χ0) is 16.1. The van der Waals surface area contributed by atoms with E-state index in [0.717, 1.165) is 30.2 Å². The SMILES string of the molecule is Cc1ccc(C)c(Nc2nc(C)cc(NCCC(C)C)n2)c1. The molecule has 0 aliphatic rings. The van der Waals surface area contributed by atoms with Gasteiger partial charge in [0, 0.05) is 24.0 Å². The molecule has 1 aromatic heterocycles. The number of hydrogen-bond acceptors (Lipinski definition) is 4. The average Bonchev–Trinajstić information content (AvgIpc) is 2.42. The molecule has 22 heavy (non-hydrogen) atoms. The van der Waals surface area contributed by atoms with Crippen molar-refractivity contribution in [2.24, 2.45) is 5.92 Å². The lowest BCUT2D eigenvalue weighted by atomic mass is 10.1. The van der Waals surface area contributed by atoms with Gasteiger partial charge < -0.3 is 10.6 Å². The molecule has 0 radical (unpaired) electrons. The van der Waals surface area contributed by atoms with Crippen LogP contribution in [-0.4, -0.2) is 16.5 Å². The fourth-order valence-electron chi connectivity index (χ4n) is 2.19. The van der Waals surface area contributed by atoms with Crippen molar-refractivity contribution < 1.29 is 0 Å². The number of nitrogens with zero attached hydrogens (tertiary/aromatic N) is 2. The molecule has 0 spiro atoms. The Morgan fingerprint density at radius 2 is 1.82 bits per heavy atom. The van der Waals surface area contributed by atoms with Crippen LogP contribution in [0.15, 0.2) is 24.3 Å². The molecule has 0 saturated heterocycles. The predicted molar refractivity (Wildman–Crippen MR) is 93.9 cm³/mol. The lowest BCUT2D eigenvalue weighted by Gasteiger charge is -2.12. The highest BCUT2D eigenvalue weighted by Gasteiger charge is 2.05. The van der Waals surface area contributed by atoms with Crippen LogP contribution < -0.4 is 10.6 Å². The summed E-state index contributed by atoms with van der Waals surface area (Å²) in [5.74, 6) is 2.20. The molecule has 0 bridgehead atoms. The highest BCUT2D eigenvalue weighted by atomic mass is 15.1. The highest BCUT2D eigenvalue weighted by Crippen LogP contribution is 2.21. The van der Waals surface area contributed by atoms with Gasteiger partial charge in [0.2, 0.25) is 5.95 Å². The summed E-state index contributed by atoms with van der Waals surface area (Å²) in [7, 11) is 0. The van der Waals surface area contributed by atoms with Gasteiger partial charge in [0.1, 0.15) is 5.82 Å². The number of benzene rings is 1. The Morgan fingerprint density at radius 3 is 2.55 bits per heavy atom. The van der Waals surface area contributed by atoms with Gasteiger partial charge in [-0.1, -0.05) is 26.0 Å². The van der Waals surface area contributed by atoms with Gasteiger partial charge in [-0.05, 0) is 50.3 Å². The van der Waals surface area contributed by atoms with E-state index in [1.54, 1.807) is 0 Å². The summed E-state index contributed by atoms with van der Waals surface area (Å²) < 4.78 is 0. The maximum atomic E-state index is 4.56. The first-order chi connectivity index (χ1) is 10.4. The third kappa shape index (κ3) is 4.72. The van der Waals surface area contributed by atoms with Gasteiger partial charge in [-0.25, -0.2) is 4.98 Å². The summed E-state index contributed by atoms with van der Waals surface area (Å²) in [5, 5.41) is 6.71. The number of nitrogens with one attached hydrogen (secondary N) is 2. The zero-order valence-corrected chi connectivity index (χ0v) is 14.2. The standard InChI is InChI=1S/C18H26N4/c1-12(2)8-9-19-17-11-15(5)20-18(22-17)21-16-10-13(3)6-7-14(16)4/h6-7,10-12H,8-9H2,1-5H3,(H2,19,20,21,22). The minimum absolute atomic E-state index is 0.640. The second kappa shape index (κ2) is 7.25. The summed E-state index contributed by atoms with van der Waals surface area (Å²) in [6, 6.07) is 8.31. The molecule has 0 atom stereocenters. The third-order valence-electron chi connectivity index (χ3n) is 3.52. The van der Waals surface area contributed by atoms with Crippen LogP contribution in [0.4, 0.5) is 17.5 Å². The molecule has 1 aromatic carbocycles. The summed E-state index contributed by atoms with van der Waals surface area (Å²) >= 11 is 0. The van der Waals surface area contributed by atoms with E-state index in [0.29, 0.717) is 11.9 Å². The second-order valence-corrected chi connectivity index (χ2v) is 6.27. The number of hydrogen-bond donors (Lipinski definition) is 2. The Kier molecular flexibility index (Phi) is 5.36. The van der Waals surface area contributed by atoms with E-state index >= 15 is 0 Å². The fraction of sp³-hybridized carbons (Fsp3) is 0.444. The molecule has 0 amide bonds. The monoisotopic (exact) mass is 298 g/mol. The van der Waals surface area contributed by atoms with E-state index in [4.69, 9.17) is 0 Å². The predicted octanol–water partition coefficient (Wildman–Crippen LogP) is 4.60. The topological polar surface area (TPSA) is 49.8 Å². The quantitative estimate of drug-likeness (QED) is 0.818. The first-order valence-electron chi connectivity index (χ1n) is 7.88.